The largest absolute Gasteiger partial charge is 0.485 e. The molecule has 2 atom stereocenters. The van der Waals surface area contributed by atoms with Crippen molar-refractivity contribution in [3.63, 3.8) is 0 Å². The lowest BCUT2D eigenvalue weighted by Gasteiger charge is -2.22. The van der Waals surface area contributed by atoms with E-state index in [-0.39, 0.29) is 12.0 Å². The SMILES string of the molecule is C1=CC2Oc3cc(-c4cccc5c4oc4ccccc45)ccc3C2C(c2nc(-c3ccc(-c4ccccc4)cc3)nc(-c3ccc4ccccc4c3)n2)=C1. The van der Waals surface area contributed by atoms with Crippen LogP contribution in [0.3, 0.4) is 0 Å². The van der Waals surface area contributed by atoms with E-state index in [9.17, 15) is 0 Å². The Bertz CT molecular complexity index is 2980. The van der Waals surface area contributed by atoms with Crippen molar-refractivity contribution in [1.82, 2.24) is 15.0 Å². The van der Waals surface area contributed by atoms with Gasteiger partial charge in [-0.1, -0.05) is 152 Å². The number of benzene rings is 7. The third-order valence-corrected chi connectivity index (χ3v) is 10.7. The molecular weight excluding hydrogens is 663 g/mol. The number of hydrogen-bond donors (Lipinski definition) is 0. The van der Waals surface area contributed by atoms with Gasteiger partial charge in [-0.3, -0.25) is 0 Å². The second kappa shape index (κ2) is 12.2. The number of furan rings is 1. The van der Waals surface area contributed by atoms with Crippen LogP contribution in [0.4, 0.5) is 0 Å². The van der Waals surface area contributed by atoms with E-state index in [2.05, 4.69) is 158 Å². The van der Waals surface area contributed by atoms with Crippen LogP contribution < -0.4 is 4.74 Å². The molecule has 254 valence electrons. The molecule has 1 aliphatic heterocycles. The van der Waals surface area contributed by atoms with Crippen LogP contribution in [-0.2, 0) is 0 Å². The summed E-state index contributed by atoms with van der Waals surface area (Å²) in [6.07, 6.45) is 6.13. The highest BCUT2D eigenvalue weighted by Gasteiger charge is 2.39. The van der Waals surface area contributed by atoms with Crippen LogP contribution in [-0.4, -0.2) is 21.1 Å². The molecule has 2 aliphatic rings. The second-order valence-corrected chi connectivity index (χ2v) is 13.9. The van der Waals surface area contributed by atoms with E-state index >= 15 is 0 Å². The maximum Gasteiger partial charge on any atom is 0.164 e. The fourth-order valence-electron chi connectivity index (χ4n) is 8.04. The Kier molecular flexibility index (Phi) is 6.92. The summed E-state index contributed by atoms with van der Waals surface area (Å²) in [7, 11) is 0. The van der Waals surface area contributed by atoms with Crippen molar-refractivity contribution in [1.29, 1.82) is 0 Å². The van der Waals surface area contributed by atoms with Gasteiger partial charge in [0.05, 0.1) is 5.92 Å². The highest BCUT2D eigenvalue weighted by molar-refractivity contribution is 6.09. The quantitative estimate of drug-likeness (QED) is 0.180. The molecule has 9 aromatic rings. The van der Waals surface area contributed by atoms with Crippen molar-refractivity contribution in [2.45, 2.75) is 12.0 Å². The van der Waals surface area contributed by atoms with Gasteiger partial charge in [0.25, 0.3) is 0 Å². The standard InChI is InChI=1S/C49H31N3O2/c1-2-10-30(11-3-1)32-20-23-33(24-21-32)47-50-48(36-25-22-31-12-4-5-13-34(31)28-36)52-49(51-47)41-17-9-19-43-45(41)40-27-26-35(29-44(40)53-43)37-15-8-16-39-38-14-6-7-18-42(38)54-46(37)39/h1-29,43,45H. The predicted octanol–water partition coefficient (Wildman–Crippen LogP) is 12.1. The van der Waals surface area contributed by atoms with Crippen LogP contribution in [0.25, 0.3) is 83.3 Å². The van der Waals surface area contributed by atoms with Crippen LogP contribution in [0.15, 0.2) is 180 Å². The molecule has 0 amide bonds. The third-order valence-electron chi connectivity index (χ3n) is 10.7. The third kappa shape index (κ3) is 5.05. The van der Waals surface area contributed by atoms with Gasteiger partial charge in [0.2, 0.25) is 0 Å². The molecular formula is C49H31N3O2. The molecule has 7 aromatic carbocycles. The molecule has 0 spiro atoms. The minimum absolute atomic E-state index is 0.0822. The summed E-state index contributed by atoms with van der Waals surface area (Å²) in [5.74, 6) is 2.67. The van der Waals surface area contributed by atoms with Gasteiger partial charge in [-0.2, -0.15) is 0 Å². The maximum atomic E-state index is 6.70. The zero-order chi connectivity index (χ0) is 35.6. The summed E-state index contributed by atoms with van der Waals surface area (Å²) in [5, 5.41) is 4.53. The monoisotopic (exact) mass is 693 g/mol. The molecule has 0 saturated carbocycles. The van der Waals surface area contributed by atoms with Crippen molar-refractivity contribution < 1.29 is 9.15 Å². The Labute approximate surface area is 311 Å². The fraction of sp³-hybridized carbons (Fsp3) is 0.0408. The molecule has 0 radical (unpaired) electrons. The maximum absolute atomic E-state index is 6.70. The summed E-state index contributed by atoms with van der Waals surface area (Å²) in [6, 6.07) is 54.7. The average Bonchev–Trinajstić information content (AvgIpc) is 3.82. The lowest BCUT2D eigenvalue weighted by atomic mass is 9.83. The highest BCUT2D eigenvalue weighted by atomic mass is 16.5. The second-order valence-electron chi connectivity index (χ2n) is 13.9. The molecule has 0 N–H and O–H groups in total. The minimum Gasteiger partial charge on any atom is -0.485 e. The molecule has 54 heavy (non-hydrogen) atoms. The predicted molar refractivity (Wildman–Crippen MR) is 217 cm³/mol. The van der Waals surface area contributed by atoms with Gasteiger partial charge in [0, 0.05) is 38.6 Å². The number of para-hydroxylation sites is 2. The summed E-state index contributed by atoms with van der Waals surface area (Å²) in [6.45, 7) is 0. The van der Waals surface area contributed by atoms with Crippen LogP contribution >= 0.6 is 0 Å². The Balaban J connectivity index is 1.01. The number of aromatic nitrogens is 3. The number of allylic oxidation sites excluding steroid dienone is 2. The van der Waals surface area contributed by atoms with Gasteiger partial charge in [0.1, 0.15) is 23.0 Å². The van der Waals surface area contributed by atoms with E-state index in [0.29, 0.717) is 17.5 Å². The zero-order valence-electron chi connectivity index (χ0n) is 29.1. The van der Waals surface area contributed by atoms with Crippen LogP contribution in [0, 0.1) is 0 Å². The Morgan fingerprint density at radius 2 is 1.17 bits per heavy atom. The van der Waals surface area contributed by atoms with Crippen LogP contribution in [0.1, 0.15) is 17.3 Å². The number of rotatable bonds is 5. The molecule has 1 aliphatic carbocycles. The Morgan fingerprint density at radius 3 is 2.06 bits per heavy atom. The smallest absolute Gasteiger partial charge is 0.164 e. The molecule has 5 nitrogen and oxygen atoms in total. The van der Waals surface area contributed by atoms with Gasteiger partial charge in [-0.15, -0.1) is 0 Å². The average molecular weight is 694 g/mol. The van der Waals surface area contributed by atoms with Gasteiger partial charge in [-0.25, -0.2) is 15.0 Å². The molecule has 2 unspecified atom stereocenters. The minimum atomic E-state index is -0.188. The van der Waals surface area contributed by atoms with E-state index < -0.39 is 0 Å². The molecule has 5 heteroatoms. The van der Waals surface area contributed by atoms with E-state index in [1.54, 1.807) is 0 Å². The van der Waals surface area contributed by atoms with Crippen molar-refractivity contribution in [3.8, 4) is 50.8 Å². The topological polar surface area (TPSA) is 61.0 Å². The molecule has 0 bridgehead atoms. The van der Waals surface area contributed by atoms with Crippen LogP contribution in [0.2, 0.25) is 0 Å². The van der Waals surface area contributed by atoms with Crippen molar-refractivity contribution >= 4 is 38.3 Å². The Morgan fingerprint density at radius 1 is 0.481 bits per heavy atom. The number of ether oxygens (including phenoxy) is 1. The van der Waals surface area contributed by atoms with Crippen molar-refractivity contribution in [3.05, 3.63) is 187 Å². The summed E-state index contributed by atoms with van der Waals surface area (Å²) < 4.78 is 13.1. The fourth-order valence-corrected chi connectivity index (χ4v) is 8.04. The van der Waals surface area contributed by atoms with Crippen molar-refractivity contribution in [2.24, 2.45) is 0 Å². The first-order chi connectivity index (χ1) is 26.7. The zero-order valence-corrected chi connectivity index (χ0v) is 29.1. The number of fused-ring (bicyclic) bond motifs is 7. The molecule has 2 aromatic heterocycles. The van der Waals surface area contributed by atoms with Gasteiger partial charge in [-0.05, 0) is 51.7 Å². The first-order valence-electron chi connectivity index (χ1n) is 18.2. The first kappa shape index (κ1) is 30.5. The number of nitrogens with zero attached hydrogens (tertiary/aromatic N) is 3. The van der Waals surface area contributed by atoms with E-state index in [1.807, 2.05) is 18.2 Å². The van der Waals surface area contributed by atoms with Crippen LogP contribution in [0.5, 0.6) is 5.75 Å². The lowest BCUT2D eigenvalue weighted by molar-refractivity contribution is 0.271. The van der Waals surface area contributed by atoms with E-state index in [4.69, 9.17) is 24.1 Å². The molecule has 3 heterocycles. The number of hydrogen-bond acceptors (Lipinski definition) is 5. The lowest BCUT2D eigenvalue weighted by Crippen LogP contribution is -2.20. The molecule has 0 saturated heterocycles. The highest BCUT2D eigenvalue weighted by Crippen LogP contribution is 2.49. The normalized spacial score (nSPS) is 16.0. The molecule has 11 rings (SSSR count). The summed E-state index contributed by atoms with van der Waals surface area (Å²) in [5.41, 5.74) is 10.1. The van der Waals surface area contributed by atoms with Gasteiger partial charge >= 0.3 is 0 Å². The summed E-state index contributed by atoms with van der Waals surface area (Å²) >= 11 is 0. The Hall–Kier alpha value is -7.11. The molecule has 0 fully saturated rings. The first-order valence-corrected chi connectivity index (χ1v) is 18.2. The van der Waals surface area contributed by atoms with Gasteiger partial charge < -0.3 is 9.15 Å². The van der Waals surface area contributed by atoms with Crippen molar-refractivity contribution in [2.75, 3.05) is 0 Å². The van der Waals surface area contributed by atoms with E-state index in [1.165, 1.54) is 10.9 Å². The summed E-state index contributed by atoms with van der Waals surface area (Å²) in [4.78, 5) is 15.5. The van der Waals surface area contributed by atoms with E-state index in [0.717, 1.165) is 72.0 Å². The van der Waals surface area contributed by atoms with Gasteiger partial charge in [0.15, 0.2) is 17.5 Å².